The van der Waals surface area contributed by atoms with Crippen molar-refractivity contribution in [3.63, 3.8) is 0 Å². The average molecular weight is 312 g/mol. The Kier molecular flexibility index (Phi) is 7.21. The molecule has 0 heterocycles. The molecule has 68 valence electrons. The van der Waals surface area contributed by atoms with Gasteiger partial charge in [-0.2, -0.15) is 0 Å². The number of unbranched alkanes of at least 4 members (excludes halogenated alkanes) is 1. The largest absolute Gasteiger partial charge is 0.497 e. The molecule has 0 aliphatic heterocycles. The summed E-state index contributed by atoms with van der Waals surface area (Å²) in [7, 11) is -3.38. The van der Waals surface area contributed by atoms with E-state index in [-0.39, 0.29) is 0 Å². The van der Waals surface area contributed by atoms with Crippen LogP contribution < -0.4 is 0 Å². The molecule has 0 aliphatic rings. The minimum Gasteiger partial charge on any atom is -0.286 e. The van der Waals surface area contributed by atoms with Gasteiger partial charge in [0.15, 0.2) is 0 Å². The lowest BCUT2D eigenvalue weighted by Crippen LogP contribution is -1.92. The van der Waals surface area contributed by atoms with E-state index in [1.807, 2.05) is 6.92 Å². The smallest absolute Gasteiger partial charge is 0.286 e. The van der Waals surface area contributed by atoms with Gasteiger partial charge in [-0.15, -0.1) is 0 Å². The quantitative estimate of drug-likeness (QED) is 0.556. The molecule has 0 spiro atoms. The van der Waals surface area contributed by atoms with Gasteiger partial charge in [-0.25, -0.2) is 11.8 Å². The van der Waals surface area contributed by atoms with Crippen LogP contribution in [0.2, 0.25) is 0 Å². The van der Waals surface area contributed by atoms with Crippen molar-refractivity contribution in [3.8, 4) is 0 Å². The number of rotatable bonds is 6. The third kappa shape index (κ3) is 5.33. The lowest BCUT2D eigenvalue weighted by Gasteiger charge is -2.08. The van der Waals surface area contributed by atoms with Crippen molar-refractivity contribution in [2.45, 2.75) is 19.8 Å². The van der Waals surface area contributed by atoms with E-state index in [0.717, 1.165) is 12.8 Å². The zero-order valence-electron chi connectivity index (χ0n) is 5.96. The summed E-state index contributed by atoms with van der Waals surface area (Å²) in [5, 5.41) is 0. The third-order valence-electron chi connectivity index (χ3n) is 0.916. The van der Waals surface area contributed by atoms with Gasteiger partial charge >= 0.3 is 7.82 Å². The summed E-state index contributed by atoms with van der Waals surface area (Å²) >= 11 is 5.08. The van der Waals surface area contributed by atoms with Crippen molar-refractivity contribution in [2.75, 3.05) is 6.61 Å². The minimum atomic E-state index is -3.38. The molecule has 0 aliphatic carbocycles. The van der Waals surface area contributed by atoms with Crippen molar-refractivity contribution in [1.29, 1.82) is 0 Å². The summed E-state index contributed by atoms with van der Waals surface area (Å²) < 4.78 is 24.5. The SMILES string of the molecule is CCCCOP(=O)(OBr)OBr. The van der Waals surface area contributed by atoms with Crippen molar-refractivity contribution in [1.82, 2.24) is 0 Å². The van der Waals surface area contributed by atoms with E-state index in [9.17, 15) is 4.57 Å². The van der Waals surface area contributed by atoms with E-state index >= 15 is 0 Å². The summed E-state index contributed by atoms with van der Waals surface area (Å²) in [4.78, 5) is 0. The number of halogens is 2. The fourth-order valence-corrected chi connectivity index (χ4v) is 2.16. The Labute approximate surface area is 83.1 Å². The minimum absolute atomic E-state index is 0.352. The summed E-state index contributed by atoms with van der Waals surface area (Å²) in [6, 6.07) is 0. The Hall–Kier alpha value is 1.07. The Morgan fingerprint density at radius 2 is 1.91 bits per heavy atom. The third-order valence-corrected chi connectivity index (χ3v) is 3.88. The fourth-order valence-electron chi connectivity index (χ4n) is 0.371. The molecule has 0 rings (SSSR count). The zero-order valence-corrected chi connectivity index (χ0v) is 10.0. The normalized spacial score (nSPS) is 11.9. The second-order valence-corrected chi connectivity index (χ2v) is 4.94. The maximum absolute atomic E-state index is 11.1. The predicted octanol–water partition coefficient (Wildman–Crippen LogP) is 3.56. The van der Waals surface area contributed by atoms with Gasteiger partial charge in [-0.3, -0.25) is 4.52 Å². The Morgan fingerprint density at radius 3 is 2.27 bits per heavy atom. The molecule has 11 heavy (non-hydrogen) atoms. The molecule has 0 bridgehead atoms. The number of hydrogen-bond donors (Lipinski definition) is 0. The van der Waals surface area contributed by atoms with E-state index in [2.05, 4.69) is 39.7 Å². The molecule has 0 aromatic heterocycles. The van der Waals surface area contributed by atoms with E-state index < -0.39 is 7.82 Å². The fraction of sp³-hybridized carbons (Fsp3) is 1.00. The van der Waals surface area contributed by atoms with Gasteiger partial charge in [-0.1, -0.05) is 13.3 Å². The molecule has 0 aromatic carbocycles. The maximum Gasteiger partial charge on any atom is 0.497 e. The van der Waals surface area contributed by atoms with Crippen LogP contribution in [0.1, 0.15) is 19.8 Å². The molecule has 0 saturated heterocycles. The van der Waals surface area contributed by atoms with Crippen LogP contribution in [0.5, 0.6) is 0 Å². The van der Waals surface area contributed by atoms with Gasteiger partial charge in [0.1, 0.15) is 32.5 Å². The summed E-state index contributed by atoms with van der Waals surface area (Å²) in [6.07, 6.45) is 1.78. The van der Waals surface area contributed by atoms with Crippen molar-refractivity contribution in [3.05, 3.63) is 0 Å². The second-order valence-electron chi connectivity index (χ2n) is 1.77. The van der Waals surface area contributed by atoms with Crippen LogP contribution in [0, 0.1) is 0 Å². The topological polar surface area (TPSA) is 44.8 Å². The highest BCUT2D eigenvalue weighted by atomic mass is 79.9. The first-order chi connectivity index (χ1) is 5.18. The molecule has 4 nitrogen and oxygen atoms in total. The van der Waals surface area contributed by atoms with Crippen LogP contribution >= 0.6 is 40.3 Å². The van der Waals surface area contributed by atoms with Crippen molar-refractivity contribution < 1.29 is 16.3 Å². The molecule has 0 amide bonds. The Bertz CT molecular complexity index is 134. The van der Waals surface area contributed by atoms with Gasteiger partial charge in [0.2, 0.25) is 0 Å². The molecule has 0 saturated carbocycles. The first-order valence-electron chi connectivity index (χ1n) is 3.03. The molecule has 7 heteroatoms. The highest BCUT2D eigenvalue weighted by molar-refractivity contribution is 9.07. The van der Waals surface area contributed by atoms with Crippen molar-refractivity contribution >= 4 is 40.3 Å². The maximum atomic E-state index is 11.1. The summed E-state index contributed by atoms with van der Waals surface area (Å²) in [5.41, 5.74) is 0. The monoisotopic (exact) mass is 310 g/mol. The van der Waals surface area contributed by atoms with Crippen LogP contribution in [-0.2, 0) is 16.3 Å². The van der Waals surface area contributed by atoms with Gasteiger partial charge in [0, 0.05) is 0 Å². The van der Waals surface area contributed by atoms with Crippen molar-refractivity contribution in [2.24, 2.45) is 0 Å². The van der Waals surface area contributed by atoms with Gasteiger partial charge in [-0.05, 0) is 6.42 Å². The van der Waals surface area contributed by atoms with E-state index in [1.165, 1.54) is 0 Å². The number of hydrogen-bond acceptors (Lipinski definition) is 4. The first-order valence-corrected chi connectivity index (χ1v) is 5.79. The Morgan fingerprint density at radius 1 is 1.36 bits per heavy atom. The average Bonchev–Trinajstić information content (AvgIpc) is 2.05. The predicted molar refractivity (Wildman–Crippen MR) is 48.5 cm³/mol. The molecule has 0 fully saturated rings. The zero-order chi connectivity index (χ0) is 8.74. The van der Waals surface area contributed by atoms with Gasteiger partial charge in [0.25, 0.3) is 0 Å². The lowest BCUT2D eigenvalue weighted by molar-refractivity contribution is 0.229. The van der Waals surface area contributed by atoms with Crippen LogP contribution in [0.3, 0.4) is 0 Å². The van der Waals surface area contributed by atoms with Crippen LogP contribution in [0.15, 0.2) is 0 Å². The molecular formula is C4H9Br2O4P. The van der Waals surface area contributed by atoms with E-state index in [0.29, 0.717) is 6.61 Å². The molecular weight excluding hydrogens is 303 g/mol. The standard InChI is InChI=1S/C4H9Br2O4P/c1-2-3-4-8-11(7,9-5)10-6/h2-4H2,1H3. The van der Waals surface area contributed by atoms with Crippen LogP contribution in [0.25, 0.3) is 0 Å². The summed E-state index contributed by atoms with van der Waals surface area (Å²) in [5.74, 6) is 0. The highest BCUT2D eigenvalue weighted by Crippen LogP contribution is 2.53. The first kappa shape index (κ1) is 12.1. The molecule has 0 radical (unpaired) electrons. The molecule has 0 N–H and O–H groups in total. The Balaban J connectivity index is 3.61. The lowest BCUT2D eigenvalue weighted by atomic mass is 10.4. The highest BCUT2D eigenvalue weighted by Gasteiger charge is 2.24. The number of phosphoric acid groups is 1. The summed E-state index contributed by atoms with van der Waals surface area (Å²) in [6.45, 7) is 2.35. The molecule has 0 unspecified atom stereocenters. The molecule has 0 aromatic rings. The van der Waals surface area contributed by atoms with Crippen LogP contribution in [0.4, 0.5) is 0 Å². The molecule has 0 atom stereocenters. The van der Waals surface area contributed by atoms with E-state index in [1.54, 1.807) is 0 Å². The van der Waals surface area contributed by atoms with Gasteiger partial charge < -0.3 is 0 Å². The van der Waals surface area contributed by atoms with E-state index in [4.69, 9.17) is 4.52 Å². The second kappa shape index (κ2) is 6.57. The van der Waals surface area contributed by atoms with Gasteiger partial charge in [0.05, 0.1) is 6.61 Å². The van der Waals surface area contributed by atoms with Crippen LogP contribution in [-0.4, -0.2) is 6.61 Å².